The Kier molecular flexibility index (Phi) is 5.45. The van der Waals surface area contributed by atoms with Gasteiger partial charge in [0.15, 0.2) is 0 Å². The highest BCUT2D eigenvalue weighted by Gasteiger charge is 2.58. The van der Waals surface area contributed by atoms with Gasteiger partial charge in [-0.2, -0.15) is 0 Å². The topological polar surface area (TPSA) is 117 Å². The number of aliphatic hydroxyl groups is 1. The van der Waals surface area contributed by atoms with Crippen molar-refractivity contribution in [2.75, 3.05) is 4.90 Å². The molecule has 2 amide bonds. The van der Waals surface area contributed by atoms with E-state index in [1.807, 2.05) is 30.3 Å². The fraction of sp³-hybridized carbons (Fsp3) is 0.290. The first-order chi connectivity index (χ1) is 19.3. The van der Waals surface area contributed by atoms with E-state index in [0.717, 1.165) is 0 Å². The number of amides is 2. The molecule has 0 saturated carbocycles. The van der Waals surface area contributed by atoms with Crippen molar-refractivity contribution in [3.63, 3.8) is 0 Å². The highest BCUT2D eigenvalue weighted by molar-refractivity contribution is 6.03. The first-order valence-corrected chi connectivity index (χ1v) is 13.6. The number of aromatic nitrogens is 2. The van der Waals surface area contributed by atoms with Crippen molar-refractivity contribution in [3.8, 4) is 5.69 Å². The first-order valence-electron chi connectivity index (χ1n) is 13.6. The molecule has 9 heteroatoms. The average Bonchev–Trinajstić information content (AvgIpc) is 3.35. The van der Waals surface area contributed by atoms with Gasteiger partial charge in [-0.3, -0.25) is 29.2 Å². The third kappa shape index (κ3) is 3.47. The zero-order valence-electron chi connectivity index (χ0n) is 22.2. The van der Waals surface area contributed by atoms with Crippen LogP contribution >= 0.6 is 0 Å². The summed E-state index contributed by atoms with van der Waals surface area (Å²) in [6.07, 6.45) is -0.111. The molecule has 0 spiro atoms. The highest BCUT2D eigenvalue weighted by Crippen LogP contribution is 2.50. The predicted octanol–water partition coefficient (Wildman–Crippen LogP) is 3.14. The SMILES string of the molecule is CC(C)C[C@@H]1NC2N(C1=O)c1ccccc1[C@@]2(O)CC1NC(=O)c2ccccc2-n2c1nc1ccccc1c2=O. The molecule has 1 fully saturated rings. The molecule has 40 heavy (non-hydrogen) atoms. The molecule has 202 valence electrons. The first kappa shape index (κ1) is 24.7. The summed E-state index contributed by atoms with van der Waals surface area (Å²) in [5.74, 6) is 0.157. The summed E-state index contributed by atoms with van der Waals surface area (Å²) in [4.78, 5) is 47.5. The molecular formula is C31H29N5O4. The minimum absolute atomic E-state index is 0.00956. The second-order valence-electron chi connectivity index (χ2n) is 11.3. The van der Waals surface area contributed by atoms with E-state index in [4.69, 9.17) is 4.98 Å². The van der Waals surface area contributed by atoms with Gasteiger partial charge < -0.3 is 10.4 Å². The van der Waals surface area contributed by atoms with Gasteiger partial charge in [0, 0.05) is 12.0 Å². The predicted molar refractivity (Wildman–Crippen MR) is 150 cm³/mol. The van der Waals surface area contributed by atoms with Crippen LogP contribution in [0.4, 0.5) is 5.69 Å². The number of anilines is 1. The van der Waals surface area contributed by atoms with Gasteiger partial charge in [0.25, 0.3) is 11.5 Å². The van der Waals surface area contributed by atoms with Crippen LogP contribution in [0.25, 0.3) is 16.6 Å². The van der Waals surface area contributed by atoms with Crippen molar-refractivity contribution < 1.29 is 14.7 Å². The Morgan fingerprint density at radius 2 is 1.62 bits per heavy atom. The number of para-hydroxylation sites is 3. The molecule has 1 saturated heterocycles. The Morgan fingerprint density at radius 1 is 0.925 bits per heavy atom. The molecular weight excluding hydrogens is 506 g/mol. The van der Waals surface area contributed by atoms with Gasteiger partial charge in [-0.25, -0.2) is 4.98 Å². The lowest BCUT2D eigenvalue weighted by Gasteiger charge is -2.34. The van der Waals surface area contributed by atoms with E-state index >= 15 is 0 Å². The van der Waals surface area contributed by atoms with E-state index < -0.39 is 23.9 Å². The second kappa shape index (κ2) is 8.84. The zero-order chi connectivity index (χ0) is 27.8. The summed E-state index contributed by atoms with van der Waals surface area (Å²) >= 11 is 0. The Hall–Kier alpha value is -4.34. The lowest BCUT2D eigenvalue weighted by Crippen LogP contribution is -2.51. The lowest BCUT2D eigenvalue weighted by molar-refractivity contribution is -0.119. The van der Waals surface area contributed by atoms with Gasteiger partial charge >= 0.3 is 0 Å². The van der Waals surface area contributed by atoms with Crippen LogP contribution in [0.5, 0.6) is 0 Å². The van der Waals surface area contributed by atoms with E-state index in [9.17, 15) is 19.5 Å². The minimum atomic E-state index is -1.57. The third-order valence-corrected chi connectivity index (χ3v) is 8.27. The maximum absolute atomic E-state index is 13.9. The maximum Gasteiger partial charge on any atom is 0.266 e. The van der Waals surface area contributed by atoms with Crippen molar-refractivity contribution >= 4 is 28.4 Å². The van der Waals surface area contributed by atoms with Gasteiger partial charge in [0.1, 0.15) is 17.6 Å². The van der Waals surface area contributed by atoms with Crippen LogP contribution in [0.2, 0.25) is 0 Å². The summed E-state index contributed by atoms with van der Waals surface area (Å²) in [7, 11) is 0. The molecule has 3 aliphatic heterocycles. The number of fused-ring (bicyclic) bond motifs is 7. The van der Waals surface area contributed by atoms with Gasteiger partial charge in [0.2, 0.25) is 5.91 Å². The molecule has 3 aliphatic rings. The third-order valence-electron chi connectivity index (χ3n) is 8.27. The number of carbonyl (C=O) groups excluding carboxylic acids is 2. The minimum Gasteiger partial charge on any atom is -0.381 e. The van der Waals surface area contributed by atoms with E-state index in [1.54, 1.807) is 47.4 Å². The average molecular weight is 536 g/mol. The fourth-order valence-electron chi connectivity index (χ4n) is 6.53. The van der Waals surface area contributed by atoms with Crippen molar-refractivity contribution in [2.24, 2.45) is 5.92 Å². The van der Waals surface area contributed by atoms with E-state index in [-0.39, 0.29) is 29.7 Å². The summed E-state index contributed by atoms with van der Waals surface area (Å²) < 4.78 is 1.48. The van der Waals surface area contributed by atoms with Gasteiger partial charge in [0.05, 0.1) is 39.9 Å². The molecule has 7 rings (SSSR count). The Labute approximate surface area is 230 Å². The Morgan fingerprint density at radius 3 is 2.42 bits per heavy atom. The molecule has 9 nitrogen and oxygen atoms in total. The van der Waals surface area contributed by atoms with Crippen LogP contribution < -0.4 is 21.1 Å². The van der Waals surface area contributed by atoms with Crippen molar-refractivity contribution in [1.29, 1.82) is 0 Å². The normalized spacial score (nSPS) is 24.9. The van der Waals surface area contributed by atoms with Crippen LogP contribution in [0, 0.1) is 5.92 Å². The summed E-state index contributed by atoms with van der Waals surface area (Å²) in [6.45, 7) is 4.11. The number of benzene rings is 3. The molecule has 4 atom stereocenters. The molecule has 3 aromatic carbocycles. The van der Waals surface area contributed by atoms with Gasteiger partial charge in [-0.05, 0) is 42.7 Å². The summed E-state index contributed by atoms with van der Waals surface area (Å²) in [5.41, 5.74) is 0.663. The lowest BCUT2D eigenvalue weighted by atomic mass is 9.86. The number of carbonyl (C=O) groups is 2. The molecule has 4 aromatic rings. The largest absolute Gasteiger partial charge is 0.381 e. The zero-order valence-corrected chi connectivity index (χ0v) is 22.2. The Balaban J connectivity index is 1.40. The summed E-state index contributed by atoms with van der Waals surface area (Å²) in [6, 6.07) is 20.1. The van der Waals surface area contributed by atoms with E-state index in [2.05, 4.69) is 24.5 Å². The quantitative estimate of drug-likeness (QED) is 0.370. The maximum atomic E-state index is 13.9. The van der Waals surface area contributed by atoms with Crippen molar-refractivity contribution in [2.45, 2.75) is 50.5 Å². The Bertz CT molecular complexity index is 1760. The van der Waals surface area contributed by atoms with Crippen LogP contribution in [-0.2, 0) is 10.4 Å². The number of hydrogen-bond acceptors (Lipinski definition) is 6. The van der Waals surface area contributed by atoms with Crippen molar-refractivity contribution in [1.82, 2.24) is 20.2 Å². The molecule has 4 heterocycles. The number of hydrogen-bond donors (Lipinski definition) is 3. The van der Waals surface area contributed by atoms with Gasteiger partial charge in [-0.1, -0.05) is 56.3 Å². The highest BCUT2D eigenvalue weighted by atomic mass is 16.3. The van der Waals surface area contributed by atoms with Crippen LogP contribution in [0.3, 0.4) is 0 Å². The van der Waals surface area contributed by atoms with Crippen molar-refractivity contribution in [3.05, 3.63) is 100 Å². The number of nitrogens with zero attached hydrogens (tertiary/aromatic N) is 3. The fourth-order valence-corrected chi connectivity index (χ4v) is 6.53. The van der Waals surface area contributed by atoms with Crippen LogP contribution in [-0.4, -0.2) is 38.7 Å². The molecule has 2 unspecified atom stereocenters. The molecule has 0 bridgehead atoms. The molecule has 3 N–H and O–H groups in total. The van der Waals surface area contributed by atoms with Crippen LogP contribution in [0.1, 0.15) is 54.5 Å². The summed E-state index contributed by atoms with van der Waals surface area (Å²) in [5, 5.41) is 19.4. The number of nitrogens with one attached hydrogen (secondary N) is 2. The van der Waals surface area contributed by atoms with Gasteiger partial charge in [-0.15, -0.1) is 0 Å². The van der Waals surface area contributed by atoms with E-state index in [1.165, 1.54) is 4.57 Å². The van der Waals surface area contributed by atoms with Crippen LogP contribution in [0.15, 0.2) is 77.6 Å². The molecule has 0 aliphatic carbocycles. The second-order valence-corrected chi connectivity index (χ2v) is 11.3. The standard InChI is InChI=1S/C31H29N5O4/c1-17(2)15-22-29(39)36-25-14-8-5-11-20(25)31(40,30(36)34-22)16-23-26-32-21-12-6-3-9-18(21)28(38)35(26)24-13-7-4-10-19(24)27(37)33-23/h3-14,17,22-23,30,34,40H,15-16H2,1-2H3,(H,33,37)/t22-,23?,30?,31-/m0/s1. The number of rotatable bonds is 4. The van der Waals surface area contributed by atoms with E-state index in [0.29, 0.717) is 45.6 Å². The smallest absolute Gasteiger partial charge is 0.266 e. The molecule has 1 aromatic heterocycles. The molecule has 0 radical (unpaired) electrons. The monoisotopic (exact) mass is 535 g/mol.